The molecule has 0 amide bonds. The van der Waals surface area contributed by atoms with Crippen LogP contribution in [0.1, 0.15) is 58.4 Å². The lowest BCUT2D eigenvalue weighted by molar-refractivity contribution is -0.210. The zero-order valence-corrected chi connectivity index (χ0v) is 23.1. The lowest BCUT2D eigenvalue weighted by Gasteiger charge is -2.46. The number of rotatable bonds is 9. The largest absolute Gasteiger partial charge is 0.463 e. The van der Waals surface area contributed by atoms with Gasteiger partial charge in [0.25, 0.3) is 0 Å². The first-order chi connectivity index (χ1) is 17.5. The van der Waals surface area contributed by atoms with E-state index in [1.54, 1.807) is 12.1 Å². The van der Waals surface area contributed by atoms with Crippen LogP contribution in [0.25, 0.3) is 0 Å². The van der Waals surface area contributed by atoms with Gasteiger partial charge in [0.15, 0.2) is 12.2 Å². The standard InChI is InChI=1S/C25H35NO9S2/c1-15-10-12-20(13-11-15)37(30,31)26-22-24(34-18(4)29)23(33-17(3)28)21(14-32-16(2)27)35-25(22)36-19-8-6-5-7-9-19/h10-13,19,21-26H,5-9,14H2,1-4H3/t21-,22-,23-,24-,25-/m1/s1. The van der Waals surface area contributed by atoms with E-state index in [0.29, 0.717) is 0 Å². The smallest absolute Gasteiger partial charge is 0.303 e. The Labute approximate surface area is 222 Å². The molecule has 5 atom stereocenters. The Hall–Kier alpha value is -2.15. The summed E-state index contributed by atoms with van der Waals surface area (Å²) in [5.74, 6) is -1.93. The number of nitrogens with one attached hydrogen (secondary N) is 1. The third kappa shape index (κ3) is 8.42. The zero-order valence-electron chi connectivity index (χ0n) is 21.5. The summed E-state index contributed by atoms with van der Waals surface area (Å²) in [6.07, 6.45) is 1.68. The van der Waals surface area contributed by atoms with Crippen LogP contribution in [0.3, 0.4) is 0 Å². The average molecular weight is 558 g/mol. The van der Waals surface area contributed by atoms with Gasteiger partial charge in [-0.15, -0.1) is 11.8 Å². The molecule has 0 radical (unpaired) electrons. The first-order valence-electron chi connectivity index (χ1n) is 12.3. The van der Waals surface area contributed by atoms with Crippen molar-refractivity contribution < 1.29 is 41.7 Å². The molecule has 0 unspecified atom stereocenters. The summed E-state index contributed by atoms with van der Waals surface area (Å²) in [7, 11) is -4.07. The minimum Gasteiger partial charge on any atom is -0.463 e. The summed E-state index contributed by atoms with van der Waals surface area (Å²) >= 11 is 1.46. The van der Waals surface area contributed by atoms with Crippen LogP contribution in [-0.4, -0.2) is 68.0 Å². The molecule has 1 saturated carbocycles. The van der Waals surface area contributed by atoms with Crippen LogP contribution in [0.2, 0.25) is 0 Å². The van der Waals surface area contributed by atoms with E-state index in [9.17, 15) is 22.8 Å². The van der Waals surface area contributed by atoms with Crippen molar-refractivity contribution in [1.82, 2.24) is 4.72 Å². The molecule has 206 valence electrons. The molecule has 12 heteroatoms. The fourth-order valence-corrected chi connectivity index (χ4v) is 7.42. The number of ether oxygens (including phenoxy) is 4. The lowest BCUT2D eigenvalue weighted by Crippen LogP contribution is -2.65. The van der Waals surface area contributed by atoms with Crippen LogP contribution >= 0.6 is 11.8 Å². The number of hydrogen-bond acceptors (Lipinski definition) is 10. The second-order valence-electron chi connectivity index (χ2n) is 9.35. The summed E-state index contributed by atoms with van der Waals surface area (Å²) < 4.78 is 52.0. The topological polar surface area (TPSA) is 134 Å². The van der Waals surface area contributed by atoms with Crippen LogP contribution in [-0.2, 0) is 43.4 Å². The highest BCUT2D eigenvalue weighted by atomic mass is 32.2. The monoisotopic (exact) mass is 557 g/mol. The van der Waals surface area contributed by atoms with E-state index in [0.717, 1.165) is 37.7 Å². The fraction of sp³-hybridized carbons (Fsp3) is 0.640. The molecule has 37 heavy (non-hydrogen) atoms. The number of sulfonamides is 1. The summed E-state index contributed by atoms with van der Waals surface area (Å²) in [4.78, 5) is 35.7. The third-order valence-corrected chi connectivity index (χ3v) is 9.21. The van der Waals surface area contributed by atoms with Crippen LogP contribution in [0, 0.1) is 6.92 Å². The maximum Gasteiger partial charge on any atom is 0.303 e. The van der Waals surface area contributed by atoms with E-state index < -0.39 is 57.7 Å². The molecule has 3 rings (SSSR count). The quantitative estimate of drug-likeness (QED) is 0.357. The number of benzene rings is 1. The number of esters is 3. The van der Waals surface area contributed by atoms with Gasteiger partial charge in [-0.1, -0.05) is 37.0 Å². The van der Waals surface area contributed by atoms with Gasteiger partial charge in [-0.3, -0.25) is 14.4 Å². The zero-order chi connectivity index (χ0) is 27.2. The van der Waals surface area contributed by atoms with Crippen molar-refractivity contribution in [3.05, 3.63) is 29.8 Å². The summed E-state index contributed by atoms with van der Waals surface area (Å²) in [6, 6.07) is 5.25. The SMILES string of the molecule is CC(=O)OC[C@H]1O[C@H](SC2CCCCC2)[C@H](NS(=O)(=O)c2ccc(C)cc2)[C@@H](OC(C)=O)[C@@H]1OC(C)=O. The third-order valence-electron chi connectivity index (χ3n) is 6.20. The van der Waals surface area contributed by atoms with Crippen LogP contribution in [0.4, 0.5) is 0 Å². The Kier molecular flexibility index (Phi) is 10.4. The van der Waals surface area contributed by atoms with E-state index in [1.807, 2.05) is 6.92 Å². The number of aryl methyl sites for hydroxylation is 1. The number of hydrogen-bond donors (Lipinski definition) is 1. The van der Waals surface area contributed by atoms with Crippen molar-refractivity contribution in [2.24, 2.45) is 0 Å². The van der Waals surface area contributed by atoms with Gasteiger partial charge >= 0.3 is 17.9 Å². The summed E-state index contributed by atoms with van der Waals surface area (Å²) in [5, 5.41) is 0.197. The van der Waals surface area contributed by atoms with E-state index >= 15 is 0 Å². The molecule has 1 saturated heterocycles. The van der Waals surface area contributed by atoms with E-state index in [4.69, 9.17) is 18.9 Å². The molecular weight excluding hydrogens is 522 g/mol. The normalized spacial score (nSPS) is 26.8. The van der Waals surface area contributed by atoms with Crippen molar-refractivity contribution in [1.29, 1.82) is 0 Å². The maximum absolute atomic E-state index is 13.4. The molecule has 0 spiro atoms. The minimum absolute atomic E-state index is 0.0344. The van der Waals surface area contributed by atoms with Crippen LogP contribution in [0.15, 0.2) is 29.2 Å². The minimum atomic E-state index is -4.07. The van der Waals surface area contributed by atoms with Gasteiger partial charge in [0.2, 0.25) is 10.0 Å². The molecule has 1 aromatic carbocycles. The van der Waals surface area contributed by atoms with E-state index in [1.165, 1.54) is 44.7 Å². The lowest BCUT2D eigenvalue weighted by atomic mass is 9.98. The van der Waals surface area contributed by atoms with Crippen molar-refractivity contribution in [3.8, 4) is 0 Å². The van der Waals surface area contributed by atoms with Gasteiger partial charge in [0.1, 0.15) is 18.1 Å². The second kappa shape index (κ2) is 13.1. The molecule has 0 aromatic heterocycles. The number of carbonyl (C=O) groups is 3. The first-order valence-corrected chi connectivity index (χ1v) is 14.8. The molecule has 2 aliphatic rings. The Morgan fingerprint density at radius 2 is 1.54 bits per heavy atom. The van der Waals surface area contributed by atoms with Gasteiger partial charge in [-0.2, -0.15) is 0 Å². The average Bonchev–Trinajstić information content (AvgIpc) is 2.82. The van der Waals surface area contributed by atoms with Gasteiger partial charge < -0.3 is 18.9 Å². The first kappa shape index (κ1) is 29.4. The van der Waals surface area contributed by atoms with E-state index in [2.05, 4.69) is 4.72 Å². The van der Waals surface area contributed by atoms with Gasteiger partial charge in [-0.05, 0) is 31.9 Å². The molecule has 1 N–H and O–H groups in total. The second-order valence-corrected chi connectivity index (χ2v) is 12.5. The predicted molar refractivity (Wildman–Crippen MR) is 136 cm³/mol. The molecule has 1 heterocycles. The molecule has 1 aliphatic carbocycles. The molecule has 2 fully saturated rings. The summed E-state index contributed by atoms with van der Waals surface area (Å²) in [5.41, 5.74) is 0.0896. The fourth-order valence-electron chi connectivity index (χ4n) is 4.50. The molecule has 10 nitrogen and oxygen atoms in total. The maximum atomic E-state index is 13.4. The van der Waals surface area contributed by atoms with E-state index in [-0.39, 0.29) is 16.8 Å². The predicted octanol–water partition coefficient (Wildman–Crippen LogP) is 2.86. The van der Waals surface area contributed by atoms with Crippen molar-refractivity contribution >= 4 is 39.7 Å². The molecular formula is C25H35NO9S2. The van der Waals surface area contributed by atoms with Crippen molar-refractivity contribution in [2.45, 2.75) is 99.7 Å². The number of thioether (sulfide) groups is 1. The molecule has 1 aliphatic heterocycles. The van der Waals surface area contributed by atoms with Crippen LogP contribution < -0.4 is 4.72 Å². The van der Waals surface area contributed by atoms with Gasteiger partial charge in [0.05, 0.1) is 10.9 Å². The highest BCUT2D eigenvalue weighted by Gasteiger charge is 2.52. The highest BCUT2D eigenvalue weighted by molar-refractivity contribution is 8.00. The Morgan fingerprint density at radius 3 is 2.11 bits per heavy atom. The Balaban J connectivity index is 2.01. The Morgan fingerprint density at radius 1 is 0.946 bits per heavy atom. The molecule has 0 bridgehead atoms. The van der Waals surface area contributed by atoms with Gasteiger partial charge in [-0.25, -0.2) is 13.1 Å². The van der Waals surface area contributed by atoms with Crippen molar-refractivity contribution in [2.75, 3.05) is 6.61 Å². The highest BCUT2D eigenvalue weighted by Crippen LogP contribution is 2.39. The summed E-state index contributed by atoms with van der Waals surface area (Å²) in [6.45, 7) is 5.20. The Bertz CT molecular complexity index is 1050. The molecule has 1 aromatic rings. The number of carbonyl (C=O) groups excluding carboxylic acids is 3. The van der Waals surface area contributed by atoms with Crippen molar-refractivity contribution in [3.63, 3.8) is 0 Å². The van der Waals surface area contributed by atoms with Gasteiger partial charge in [0, 0.05) is 26.0 Å². The van der Waals surface area contributed by atoms with Crippen LogP contribution in [0.5, 0.6) is 0 Å².